The summed E-state index contributed by atoms with van der Waals surface area (Å²) >= 11 is -1.12. The molecule has 0 unspecified atom stereocenters. The van der Waals surface area contributed by atoms with Crippen LogP contribution in [0.5, 0.6) is 17.2 Å². The van der Waals surface area contributed by atoms with E-state index in [0.717, 1.165) is 3.58 Å². The second-order valence-corrected chi connectivity index (χ2v) is 8.25. The van der Waals surface area contributed by atoms with Crippen molar-refractivity contribution in [2.75, 3.05) is 14.2 Å². The molecule has 0 spiro atoms. The maximum atomic E-state index is 11.5. The van der Waals surface area contributed by atoms with Crippen LogP contribution in [-0.4, -0.2) is 52.7 Å². The molecule has 8 nitrogen and oxygen atoms in total. The van der Waals surface area contributed by atoms with Gasteiger partial charge in [0.15, 0.2) is 0 Å². The molecule has 2 radical (unpaired) electrons. The van der Waals surface area contributed by atoms with Crippen LogP contribution in [0.3, 0.4) is 0 Å². The van der Waals surface area contributed by atoms with E-state index in [-0.39, 0.29) is 23.8 Å². The molecule has 0 atom stereocenters. The Morgan fingerprint density at radius 2 is 1.96 bits per heavy atom. The summed E-state index contributed by atoms with van der Waals surface area (Å²) in [7, 11) is 2.78. The number of rotatable bonds is 6. The van der Waals surface area contributed by atoms with Crippen molar-refractivity contribution in [1.29, 1.82) is 0 Å². The van der Waals surface area contributed by atoms with Crippen LogP contribution in [0, 0.1) is 10.1 Å². The predicted molar refractivity (Wildman–Crippen MR) is 94.9 cm³/mol. The van der Waals surface area contributed by atoms with Crippen molar-refractivity contribution < 1.29 is 23.9 Å². The predicted octanol–water partition coefficient (Wildman–Crippen LogP) is 1.79. The molecule has 0 saturated carbocycles. The Morgan fingerprint density at radius 1 is 1.19 bits per heavy atom. The van der Waals surface area contributed by atoms with E-state index < -0.39 is 26.3 Å². The minimum absolute atomic E-state index is 0.0915. The second-order valence-electron chi connectivity index (χ2n) is 5.34. The quantitative estimate of drug-likeness (QED) is 0.282. The molecule has 0 bridgehead atoms. The van der Waals surface area contributed by atoms with Gasteiger partial charge in [-0.1, -0.05) is 0 Å². The van der Waals surface area contributed by atoms with Crippen LogP contribution in [0.15, 0.2) is 33.5 Å². The van der Waals surface area contributed by atoms with E-state index in [0.29, 0.717) is 22.6 Å². The van der Waals surface area contributed by atoms with E-state index in [1.807, 2.05) is 6.07 Å². The molecule has 1 aliphatic heterocycles. The number of carbonyl (C=O) groups is 1. The molecule has 0 saturated heterocycles. The summed E-state index contributed by atoms with van der Waals surface area (Å²) in [5, 5.41) is 11.5. The van der Waals surface area contributed by atoms with Gasteiger partial charge in [-0.05, 0) is 0 Å². The van der Waals surface area contributed by atoms with Crippen molar-refractivity contribution in [3.63, 3.8) is 0 Å². The summed E-state index contributed by atoms with van der Waals surface area (Å²) in [5.41, 5.74) is 1.12. The van der Waals surface area contributed by atoms with Crippen molar-refractivity contribution in [3.05, 3.63) is 51.6 Å². The van der Waals surface area contributed by atoms with Crippen LogP contribution in [-0.2, 0) is 16.0 Å². The third-order valence-electron chi connectivity index (χ3n) is 3.77. The SMILES string of the molecule is COC(=O)Cc1ccc(Oc2cc[c]3c(c2[N+](=O)[O-])C=[N][Sn]3)c(OC)c1. The number of ether oxygens (including phenoxy) is 3. The van der Waals surface area contributed by atoms with Gasteiger partial charge in [0.25, 0.3) is 0 Å². The molecule has 0 aromatic heterocycles. The van der Waals surface area contributed by atoms with Gasteiger partial charge in [0, 0.05) is 0 Å². The Hall–Kier alpha value is -2.62. The minimum atomic E-state index is -1.12. The molecule has 132 valence electrons. The number of benzene rings is 2. The number of carbonyl (C=O) groups excluding carboxylic acids is 1. The fourth-order valence-electron chi connectivity index (χ4n) is 2.52. The van der Waals surface area contributed by atoms with Crippen molar-refractivity contribution in [2.45, 2.75) is 6.42 Å². The van der Waals surface area contributed by atoms with Crippen molar-refractivity contribution in [1.82, 2.24) is 0 Å². The average Bonchev–Trinajstić information content (AvgIpc) is 3.10. The Morgan fingerprint density at radius 3 is 2.65 bits per heavy atom. The fourth-order valence-corrected chi connectivity index (χ4v) is 4.78. The average molecular weight is 461 g/mol. The zero-order valence-electron chi connectivity index (χ0n) is 14.0. The second kappa shape index (κ2) is 7.73. The van der Waals surface area contributed by atoms with Crippen LogP contribution < -0.4 is 13.1 Å². The molecular weight excluding hydrogens is 447 g/mol. The Balaban J connectivity index is 1.95. The first-order valence-electron chi connectivity index (χ1n) is 7.55. The normalized spacial score (nSPS) is 11.8. The number of nitro benzene ring substituents is 1. The van der Waals surface area contributed by atoms with E-state index in [1.54, 1.807) is 30.5 Å². The first-order valence-corrected chi connectivity index (χ1v) is 10.3. The van der Waals surface area contributed by atoms with Crippen LogP contribution in [0.4, 0.5) is 5.69 Å². The molecule has 0 aliphatic carbocycles. The van der Waals surface area contributed by atoms with Gasteiger partial charge in [0.1, 0.15) is 0 Å². The van der Waals surface area contributed by atoms with E-state index >= 15 is 0 Å². The van der Waals surface area contributed by atoms with E-state index in [1.165, 1.54) is 14.2 Å². The number of hydrogen-bond acceptors (Lipinski definition) is 7. The number of nitro groups is 1. The molecule has 2 aromatic rings. The van der Waals surface area contributed by atoms with Gasteiger partial charge >= 0.3 is 152 Å². The molecular formula is C17H14N2O6Sn. The molecule has 0 N–H and O–H groups in total. The zero-order chi connectivity index (χ0) is 18.7. The molecule has 2 aromatic carbocycles. The number of methoxy groups -OCH3 is 2. The van der Waals surface area contributed by atoms with Gasteiger partial charge in [-0.25, -0.2) is 0 Å². The molecule has 0 fully saturated rings. The third-order valence-corrected chi connectivity index (χ3v) is 6.43. The summed E-state index contributed by atoms with van der Waals surface area (Å²) in [6.07, 6.45) is 1.65. The summed E-state index contributed by atoms with van der Waals surface area (Å²) in [5.74, 6) is 0.435. The van der Waals surface area contributed by atoms with Crippen molar-refractivity contribution in [2.24, 2.45) is 3.21 Å². The summed E-state index contributed by atoms with van der Waals surface area (Å²) in [4.78, 5) is 22.5. The van der Waals surface area contributed by atoms with Gasteiger partial charge < -0.3 is 0 Å². The Kier molecular flexibility index (Phi) is 5.40. The van der Waals surface area contributed by atoms with Gasteiger partial charge in [-0.2, -0.15) is 0 Å². The molecule has 26 heavy (non-hydrogen) atoms. The van der Waals surface area contributed by atoms with Crippen LogP contribution in [0.1, 0.15) is 11.1 Å². The molecule has 1 heterocycles. The van der Waals surface area contributed by atoms with Gasteiger partial charge in [-0.15, -0.1) is 0 Å². The summed E-state index contributed by atoms with van der Waals surface area (Å²) in [6.45, 7) is 0. The topological polar surface area (TPSA) is 100 Å². The number of esters is 1. The Bertz CT molecular complexity index is 912. The van der Waals surface area contributed by atoms with E-state index in [4.69, 9.17) is 9.47 Å². The van der Waals surface area contributed by atoms with Crippen LogP contribution >= 0.6 is 0 Å². The summed E-state index contributed by atoms with van der Waals surface area (Å²) in [6, 6.07) is 8.35. The fraction of sp³-hybridized carbons (Fsp3) is 0.176. The van der Waals surface area contributed by atoms with Gasteiger partial charge in [-0.3, -0.25) is 0 Å². The molecule has 9 heteroatoms. The van der Waals surface area contributed by atoms with Crippen LogP contribution in [0.2, 0.25) is 0 Å². The number of fused-ring (bicyclic) bond motifs is 1. The monoisotopic (exact) mass is 462 g/mol. The zero-order valence-corrected chi connectivity index (χ0v) is 16.9. The van der Waals surface area contributed by atoms with Gasteiger partial charge in [0.2, 0.25) is 0 Å². The first-order chi connectivity index (χ1) is 12.5. The Labute approximate surface area is 159 Å². The van der Waals surface area contributed by atoms with E-state index in [2.05, 4.69) is 7.95 Å². The van der Waals surface area contributed by atoms with Crippen LogP contribution in [0.25, 0.3) is 0 Å². The van der Waals surface area contributed by atoms with E-state index in [9.17, 15) is 14.9 Å². The molecule has 3 rings (SSSR count). The molecule has 1 aliphatic rings. The number of nitrogens with zero attached hydrogens (tertiary/aromatic N) is 2. The molecule has 0 amide bonds. The third kappa shape index (κ3) is 3.64. The van der Waals surface area contributed by atoms with Crippen molar-refractivity contribution in [3.8, 4) is 17.2 Å². The standard InChI is InChI=1S/C17H14N2O6.Sn/c1-23-15-8-11(9-16(20)24-2)6-7-13(15)25-14-5-3-4-12(10-18)17(14)19(21)22;/h3,5-8,10H,9H2,1-2H3;/q-1;+1. The first kappa shape index (κ1) is 18.2. The van der Waals surface area contributed by atoms with Gasteiger partial charge in [0.05, 0.1) is 7.11 Å². The van der Waals surface area contributed by atoms with Crippen molar-refractivity contribution >= 4 is 42.9 Å². The summed E-state index contributed by atoms with van der Waals surface area (Å²) < 4.78 is 20.9. The maximum absolute atomic E-state index is 11.5. The number of hydrogen-bond donors (Lipinski definition) is 0.